The topological polar surface area (TPSA) is 69.9 Å². The molecule has 0 amide bonds. The molecule has 0 aromatic rings. The highest BCUT2D eigenvalue weighted by Gasteiger charge is 2.38. The maximum Gasteiger partial charge on any atom is 0.303 e. The van der Waals surface area contributed by atoms with Crippen LogP contribution in [0.4, 0.5) is 0 Å². The monoisotopic (exact) mass is 148 g/mol. The van der Waals surface area contributed by atoms with Gasteiger partial charge in [0, 0.05) is 0 Å². The van der Waals surface area contributed by atoms with Gasteiger partial charge in [0.15, 0.2) is 0 Å². The molecular formula is C6H12O4. The first-order valence-corrected chi connectivity index (χ1v) is 3.32. The van der Waals surface area contributed by atoms with Crippen molar-refractivity contribution in [2.24, 2.45) is 0 Å². The zero-order valence-corrected chi connectivity index (χ0v) is 5.82. The summed E-state index contributed by atoms with van der Waals surface area (Å²) in [7, 11) is 0. The van der Waals surface area contributed by atoms with Gasteiger partial charge in [-0.2, -0.15) is 0 Å². The molecule has 4 nitrogen and oxygen atoms in total. The molecule has 0 aliphatic carbocycles. The van der Waals surface area contributed by atoms with Crippen molar-refractivity contribution in [3.63, 3.8) is 0 Å². The summed E-state index contributed by atoms with van der Waals surface area (Å²) in [6, 6.07) is 0. The van der Waals surface area contributed by atoms with E-state index >= 15 is 0 Å². The summed E-state index contributed by atoms with van der Waals surface area (Å²) in [5.41, 5.74) is 0. The van der Waals surface area contributed by atoms with Crippen LogP contribution in [-0.4, -0.2) is 33.5 Å². The lowest BCUT2D eigenvalue weighted by molar-refractivity contribution is -0.357. The van der Waals surface area contributed by atoms with Gasteiger partial charge in [-0.15, -0.1) is 0 Å². The van der Waals surface area contributed by atoms with E-state index in [4.69, 9.17) is 20.1 Å². The molecule has 1 aliphatic rings. The van der Waals surface area contributed by atoms with Crippen LogP contribution in [0.5, 0.6) is 0 Å². The highest BCUT2D eigenvalue weighted by molar-refractivity contribution is 4.75. The first-order valence-electron chi connectivity index (χ1n) is 3.32. The Balaban J connectivity index is 2.45. The molecule has 2 atom stereocenters. The molecule has 10 heavy (non-hydrogen) atoms. The normalized spacial score (nSPS) is 34.8. The van der Waals surface area contributed by atoms with Gasteiger partial charge in [-0.1, -0.05) is 0 Å². The van der Waals surface area contributed by atoms with Crippen LogP contribution in [0, 0.1) is 0 Å². The number of hydrogen-bond acceptors (Lipinski definition) is 4. The smallest absolute Gasteiger partial charge is 0.303 e. The number of ether oxygens (including phenoxy) is 1. The molecule has 2 unspecified atom stereocenters. The summed E-state index contributed by atoms with van der Waals surface area (Å²) in [6.07, 6.45) is 0.414. The van der Waals surface area contributed by atoms with Crippen LogP contribution in [0.3, 0.4) is 0 Å². The molecule has 1 aliphatic heterocycles. The van der Waals surface area contributed by atoms with Crippen molar-refractivity contribution in [1.29, 1.82) is 0 Å². The van der Waals surface area contributed by atoms with Gasteiger partial charge in [-0.3, -0.25) is 0 Å². The van der Waals surface area contributed by atoms with E-state index in [1.54, 1.807) is 0 Å². The van der Waals surface area contributed by atoms with Crippen molar-refractivity contribution in [3.8, 4) is 0 Å². The van der Waals surface area contributed by atoms with E-state index in [0.717, 1.165) is 6.42 Å². The van der Waals surface area contributed by atoms with Crippen LogP contribution < -0.4 is 0 Å². The number of hydrogen-bond donors (Lipinski definition) is 3. The molecule has 1 rings (SSSR count). The Labute approximate surface area is 59.1 Å². The molecule has 3 N–H and O–H groups in total. The molecule has 0 bridgehead atoms. The molecule has 0 aromatic carbocycles. The van der Waals surface area contributed by atoms with Crippen molar-refractivity contribution < 1.29 is 20.1 Å². The van der Waals surface area contributed by atoms with Gasteiger partial charge in [0.05, 0.1) is 6.10 Å². The third-order valence-corrected chi connectivity index (χ3v) is 1.66. The third kappa shape index (κ3) is 1.67. The van der Waals surface area contributed by atoms with Crippen LogP contribution in [0.1, 0.15) is 19.8 Å². The predicted octanol–water partition coefficient (Wildman–Crippen LogP) is -0.815. The van der Waals surface area contributed by atoms with Gasteiger partial charge in [0.2, 0.25) is 0 Å². The zero-order valence-electron chi connectivity index (χ0n) is 5.82. The summed E-state index contributed by atoms with van der Waals surface area (Å²) in [5.74, 6) is -2.66. The van der Waals surface area contributed by atoms with Crippen molar-refractivity contribution in [1.82, 2.24) is 0 Å². The second kappa shape index (κ2) is 2.47. The maximum absolute atomic E-state index is 8.62. The minimum atomic E-state index is -2.66. The highest BCUT2D eigenvalue weighted by Crippen LogP contribution is 2.24. The van der Waals surface area contributed by atoms with Crippen molar-refractivity contribution in [2.45, 2.75) is 37.9 Å². The standard InChI is InChI=1S/C6H12O4/c1-4-2-3-5(10-4)6(7,8)9/h4-5,7-9H,2-3H2,1H3. The van der Waals surface area contributed by atoms with Gasteiger partial charge < -0.3 is 20.1 Å². The predicted molar refractivity (Wildman–Crippen MR) is 33.0 cm³/mol. The Morgan fingerprint density at radius 1 is 1.30 bits per heavy atom. The fourth-order valence-electron chi connectivity index (χ4n) is 1.09. The van der Waals surface area contributed by atoms with Gasteiger partial charge >= 0.3 is 5.97 Å². The number of rotatable bonds is 1. The summed E-state index contributed by atoms with van der Waals surface area (Å²) < 4.78 is 4.98. The van der Waals surface area contributed by atoms with Gasteiger partial charge in [0.25, 0.3) is 0 Å². The van der Waals surface area contributed by atoms with Gasteiger partial charge in [-0.05, 0) is 19.8 Å². The minimum Gasteiger partial charge on any atom is -0.367 e. The van der Waals surface area contributed by atoms with E-state index < -0.39 is 12.1 Å². The van der Waals surface area contributed by atoms with Crippen LogP contribution >= 0.6 is 0 Å². The van der Waals surface area contributed by atoms with E-state index in [1.807, 2.05) is 6.92 Å². The van der Waals surface area contributed by atoms with Gasteiger partial charge in [0.1, 0.15) is 6.10 Å². The van der Waals surface area contributed by atoms with Crippen LogP contribution in [-0.2, 0) is 4.74 Å². The van der Waals surface area contributed by atoms with Crippen molar-refractivity contribution in [3.05, 3.63) is 0 Å². The van der Waals surface area contributed by atoms with E-state index in [9.17, 15) is 0 Å². The molecule has 0 radical (unpaired) electrons. The summed E-state index contributed by atoms with van der Waals surface area (Å²) in [5, 5.41) is 25.9. The van der Waals surface area contributed by atoms with E-state index in [2.05, 4.69) is 0 Å². The minimum absolute atomic E-state index is 0.0100. The van der Waals surface area contributed by atoms with E-state index in [1.165, 1.54) is 0 Å². The molecule has 1 saturated heterocycles. The molecule has 1 heterocycles. The van der Waals surface area contributed by atoms with Crippen molar-refractivity contribution >= 4 is 0 Å². The van der Waals surface area contributed by atoms with Crippen LogP contribution in [0.25, 0.3) is 0 Å². The zero-order chi connectivity index (χ0) is 7.78. The summed E-state index contributed by atoms with van der Waals surface area (Å²) >= 11 is 0. The summed E-state index contributed by atoms with van der Waals surface area (Å²) in [6.45, 7) is 1.83. The molecular weight excluding hydrogens is 136 g/mol. The largest absolute Gasteiger partial charge is 0.367 e. The second-order valence-corrected chi connectivity index (χ2v) is 2.70. The first-order chi connectivity index (χ1) is 4.50. The Bertz CT molecular complexity index is 117. The number of aliphatic hydroxyl groups is 3. The van der Waals surface area contributed by atoms with Crippen LogP contribution in [0.2, 0.25) is 0 Å². The average molecular weight is 148 g/mol. The maximum atomic E-state index is 8.62. The Kier molecular flexibility index (Phi) is 1.96. The average Bonchev–Trinajstić information content (AvgIpc) is 2.11. The highest BCUT2D eigenvalue weighted by atomic mass is 16.7. The quantitative estimate of drug-likeness (QED) is 0.425. The molecule has 0 spiro atoms. The lowest BCUT2D eigenvalue weighted by Gasteiger charge is -2.21. The second-order valence-electron chi connectivity index (χ2n) is 2.70. The lowest BCUT2D eigenvalue weighted by Crippen LogP contribution is -2.41. The third-order valence-electron chi connectivity index (χ3n) is 1.66. The Morgan fingerprint density at radius 3 is 2.10 bits per heavy atom. The summed E-state index contributed by atoms with van der Waals surface area (Å²) in [4.78, 5) is 0. The fourth-order valence-corrected chi connectivity index (χ4v) is 1.09. The Morgan fingerprint density at radius 2 is 1.90 bits per heavy atom. The van der Waals surface area contributed by atoms with Crippen LogP contribution in [0.15, 0.2) is 0 Å². The molecule has 0 aromatic heterocycles. The molecule has 1 fully saturated rings. The fraction of sp³-hybridized carbons (Fsp3) is 1.00. The first kappa shape index (κ1) is 7.94. The molecule has 4 heteroatoms. The lowest BCUT2D eigenvalue weighted by atomic mass is 10.2. The Hall–Kier alpha value is -0.160. The SMILES string of the molecule is CC1CCC(C(O)(O)O)O1. The molecule has 0 saturated carbocycles. The van der Waals surface area contributed by atoms with E-state index in [0.29, 0.717) is 6.42 Å². The van der Waals surface area contributed by atoms with E-state index in [-0.39, 0.29) is 6.10 Å². The van der Waals surface area contributed by atoms with Crippen molar-refractivity contribution in [2.75, 3.05) is 0 Å². The van der Waals surface area contributed by atoms with Gasteiger partial charge in [-0.25, -0.2) is 0 Å². The molecule has 60 valence electrons.